The summed E-state index contributed by atoms with van der Waals surface area (Å²) in [5, 5.41) is 3.17. The Kier molecular flexibility index (Phi) is 3.81. The number of Topliss-reactive ketones (excluding diaryl/α,β-unsaturated/α-hetero) is 1. The Labute approximate surface area is 104 Å². The smallest absolute Gasteiger partial charge is 0.213 e. The topological polar surface area (TPSA) is 72.2 Å². The lowest BCUT2D eigenvalue weighted by atomic mass is 10.0. The van der Waals surface area contributed by atoms with Crippen LogP contribution >= 0.6 is 11.8 Å². The van der Waals surface area contributed by atoms with Crippen molar-refractivity contribution >= 4 is 29.5 Å². The average molecular weight is 250 g/mol. The van der Waals surface area contributed by atoms with Crippen LogP contribution in [0, 0.1) is 0 Å². The largest absolute Gasteiger partial charge is 0.399 e. The molecule has 1 fully saturated rings. The van der Waals surface area contributed by atoms with E-state index in [1.807, 2.05) is 24.3 Å². The number of aldehydes is 1. The standard InChI is InChI=1S/C12H14N2O2S/c13-9-3-1-8(2-4-9)5-11-12(10(16)6-15)14-7-17-11/h1-4,6,11-12,14H,5,7,13H2. The van der Waals surface area contributed by atoms with Gasteiger partial charge in [0.05, 0.1) is 6.04 Å². The van der Waals surface area contributed by atoms with Gasteiger partial charge in [0, 0.05) is 16.8 Å². The zero-order valence-electron chi connectivity index (χ0n) is 9.26. The molecule has 0 radical (unpaired) electrons. The van der Waals surface area contributed by atoms with Crippen molar-refractivity contribution in [1.29, 1.82) is 0 Å². The molecule has 17 heavy (non-hydrogen) atoms. The van der Waals surface area contributed by atoms with Crippen molar-refractivity contribution in [3.8, 4) is 0 Å². The molecule has 1 aliphatic rings. The second kappa shape index (κ2) is 5.33. The summed E-state index contributed by atoms with van der Waals surface area (Å²) in [6, 6.07) is 7.25. The minimum Gasteiger partial charge on any atom is -0.399 e. The lowest BCUT2D eigenvalue weighted by Gasteiger charge is -2.15. The van der Waals surface area contributed by atoms with Gasteiger partial charge in [0.2, 0.25) is 5.78 Å². The molecule has 1 saturated heterocycles. The van der Waals surface area contributed by atoms with Crippen LogP contribution in [0.15, 0.2) is 24.3 Å². The molecule has 0 saturated carbocycles. The number of nitrogens with two attached hydrogens (primary N) is 1. The van der Waals surface area contributed by atoms with Crippen molar-refractivity contribution in [3.05, 3.63) is 29.8 Å². The maximum atomic E-state index is 11.4. The van der Waals surface area contributed by atoms with Crippen molar-refractivity contribution < 1.29 is 9.59 Å². The van der Waals surface area contributed by atoms with E-state index in [1.165, 1.54) is 0 Å². The maximum Gasteiger partial charge on any atom is 0.213 e. The number of hydrogen-bond acceptors (Lipinski definition) is 5. The molecule has 1 aliphatic heterocycles. The summed E-state index contributed by atoms with van der Waals surface area (Å²) >= 11 is 1.67. The quantitative estimate of drug-likeness (QED) is 0.465. The van der Waals surface area contributed by atoms with Gasteiger partial charge in [-0.1, -0.05) is 12.1 Å². The SMILES string of the molecule is Nc1ccc(CC2SCNC2C(=O)C=O)cc1. The molecule has 2 unspecified atom stereocenters. The molecule has 0 spiro atoms. The van der Waals surface area contributed by atoms with Gasteiger partial charge in [-0.25, -0.2) is 0 Å². The lowest BCUT2D eigenvalue weighted by molar-refractivity contribution is -0.131. The average Bonchev–Trinajstić information content (AvgIpc) is 2.79. The van der Waals surface area contributed by atoms with E-state index in [-0.39, 0.29) is 17.1 Å². The third-order valence-corrected chi connectivity index (χ3v) is 4.01. The van der Waals surface area contributed by atoms with Crippen molar-refractivity contribution in [2.75, 3.05) is 11.6 Å². The molecule has 0 amide bonds. The highest BCUT2D eigenvalue weighted by Crippen LogP contribution is 2.25. The number of carbonyl (C=O) groups excluding carboxylic acids is 2. The molecule has 2 rings (SSSR count). The summed E-state index contributed by atoms with van der Waals surface area (Å²) in [4.78, 5) is 21.9. The summed E-state index contributed by atoms with van der Waals surface area (Å²) in [7, 11) is 0. The van der Waals surface area contributed by atoms with E-state index in [2.05, 4.69) is 5.32 Å². The van der Waals surface area contributed by atoms with E-state index in [0.717, 1.165) is 17.7 Å². The number of ketones is 1. The number of carbonyl (C=O) groups is 2. The van der Waals surface area contributed by atoms with Gasteiger partial charge in [-0.3, -0.25) is 14.9 Å². The molecule has 4 nitrogen and oxygen atoms in total. The van der Waals surface area contributed by atoms with Crippen LogP contribution in [0.3, 0.4) is 0 Å². The van der Waals surface area contributed by atoms with E-state index < -0.39 is 0 Å². The molecule has 3 N–H and O–H groups in total. The van der Waals surface area contributed by atoms with Crippen LogP contribution in [0.1, 0.15) is 5.56 Å². The van der Waals surface area contributed by atoms with E-state index in [1.54, 1.807) is 11.8 Å². The highest BCUT2D eigenvalue weighted by molar-refractivity contribution is 8.00. The monoisotopic (exact) mass is 250 g/mol. The van der Waals surface area contributed by atoms with Crippen LogP contribution in [0.25, 0.3) is 0 Å². The number of anilines is 1. The third-order valence-electron chi connectivity index (χ3n) is 2.81. The maximum absolute atomic E-state index is 11.4. The molecule has 0 aromatic heterocycles. The van der Waals surface area contributed by atoms with Gasteiger partial charge in [0.25, 0.3) is 0 Å². The molecule has 1 aromatic carbocycles. The minimum atomic E-state index is -0.365. The summed E-state index contributed by atoms with van der Waals surface area (Å²) in [5.41, 5.74) is 7.47. The van der Waals surface area contributed by atoms with E-state index in [4.69, 9.17) is 5.73 Å². The van der Waals surface area contributed by atoms with Crippen LogP contribution in [-0.4, -0.2) is 29.2 Å². The zero-order chi connectivity index (χ0) is 12.3. The second-order valence-electron chi connectivity index (χ2n) is 4.00. The summed E-state index contributed by atoms with van der Waals surface area (Å²) in [6.45, 7) is 0. The first kappa shape index (κ1) is 12.1. The van der Waals surface area contributed by atoms with Gasteiger partial charge in [-0.15, -0.1) is 11.8 Å². The first-order valence-corrected chi connectivity index (χ1v) is 6.44. The predicted octanol–water partition coefficient (Wildman–Crippen LogP) is 0.610. The molecule has 0 bridgehead atoms. The fourth-order valence-electron chi connectivity index (χ4n) is 1.89. The van der Waals surface area contributed by atoms with Crippen LogP contribution in [0.4, 0.5) is 5.69 Å². The van der Waals surface area contributed by atoms with Crippen molar-refractivity contribution in [1.82, 2.24) is 5.32 Å². The number of nitrogen functional groups attached to an aromatic ring is 1. The highest BCUT2D eigenvalue weighted by atomic mass is 32.2. The number of hydrogen-bond donors (Lipinski definition) is 2. The lowest BCUT2D eigenvalue weighted by Crippen LogP contribution is -2.39. The molecule has 90 valence electrons. The fraction of sp³-hybridized carbons (Fsp3) is 0.333. The number of benzene rings is 1. The first-order chi connectivity index (χ1) is 8.20. The van der Waals surface area contributed by atoms with Gasteiger partial charge in [0.1, 0.15) is 0 Å². The van der Waals surface area contributed by atoms with Crippen molar-refractivity contribution in [3.63, 3.8) is 0 Å². The first-order valence-electron chi connectivity index (χ1n) is 5.39. The summed E-state index contributed by atoms with van der Waals surface area (Å²) in [5.74, 6) is 0.347. The van der Waals surface area contributed by atoms with Crippen molar-refractivity contribution in [2.24, 2.45) is 0 Å². The molecule has 2 atom stereocenters. The Morgan fingerprint density at radius 3 is 2.82 bits per heavy atom. The van der Waals surface area contributed by atoms with Crippen LogP contribution in [-0.2, 0) is 16.0 Å². The van der Waals surface area contributed by atoms with Crippen molar-refractivity contribution in [2.45, 2.75) is 17.7 Å². The van der Waals surface area contributed by atoms with Gasteiger partial charge < -0.3 is 5.73 Å². The Balaban J connectivity index is 2.05. The van der Waals surface area contributed by atoms with E-state index >= 15 is 0 Å². The Morgan fingerprint density at radius 2 is 2.18 bits per heavy atom. The minimum absolute atomic E-state index is 0.122. The van der Waals surface area contributed by atoms with Gasteiger partial charge in [-0.2, -0.15) is 0 Å². The zero-order valence-corrected chi connectivity index (χ0v) is 10.1. The molecular weight excluding hydrogens is 236 g/mol. The van der Waals surface area contributed by atoms with Crippen LogP contribution < -0.4 is 11.1 Å². The van der Waals surface area contributed by atoms with Crippen LogP contribution in [0.2, 0.25) is 0 Å². The number of thioether (sulfide) groups is 1. The predicted molar refractivity (Wildman–Crippen MR) is 68.8 cm³/mol. The molecule has 5 heteroatoms. The van der Waals surface area contributed by atoms with Gasteiger partial charge in [-0.05, 0) is 24.1 Å². The third kappa shape index (κ3) is 2.87. The van der Waals surface area contributed by atoms with Gasteiger partial charge >= 0.3 is 0 Å². The fourth-order valence-corrected chi connectivity index (χ4v) is 3.12. The van der Waals surface area contributed by atoms with Crippen LogP contribution in [0.5, 0.6) is 0 Å². The second-order valence-corrected chi connectivity index (χ2v) is 5.22. The molecule has 1 heterocycles. The number of nitrogens with one attached hydrogen (secondary N) is 1. The summed E-state index contributed by atoms with van der Waals surface area (Å²) in [6.07, 6.45) is 1.17. The van der Waals surface area contributed by atoms with E-state index in [9.17, 15) is 9.59 Å². The number of rotatable bonds is 4. The summed E-state index contributed by atoms with van der Waals surface area (Å²) < 4.78 is 0. The highest BCUT2D eigenvalue weighted by Gasteiger charge is 2.32. The molecule has 1 aromatic rings. The normalized spacial score (nSPS) is 23.5. The Bertz CT molecular complexity index is 419. The Hall–Kier alpha value is -1.33. The van der Waals surface area contributed by atoms with Gasteiger partial charge in [0.15, 0.2) is 6.29 Å². The molecular formula is C12H14N2O2S. The Morgan fingerprint density at radius 1 is 1.47 bits per heavy atom. The van der Waals surface area contributed by atoms with E-state index in [0.29, 0.717) is 12.2 Å². The molecule has 0 aliphatic carbocycles.